The van der Waals surface area contributed by atoms with Gasteiger partial charge in [0, 0.05) is 0 Å². The molecule has 0 aliphatic heterocycles. The topological polar surface area (TPSA) is 92.5 Å². The summed E-state index contributed by atoms with van der Waals surface area (Å²) in [6.45, 7) is 0. The first-order valence-corrected chi connectivity index (χ1v) is 8.89. The molecule has 0 spiro atoms. The van der Waals surface area contributed by atoms with E-state index in [-0.39, 0.29) is 11.5 Å². The smallest absolute Gasteiger partial charge is 0.139 e. The largest absolute Gasteiger partial charge is 0.506 e. The summed E-state index contributed by atoms with van der Waals surface area (Å²) in [5.41, 5.74) is 18.1. The van der Waals surface area contributed by atoms with Gasteiger partial charge in [-0.25, -0.2) is 0 Å². The van der Waals surface area contributed by atoms with Gasteiger partial charge in [-0.2, -0.15) is 0 Å². The zero-order valence-electron chi connectivity index (χ0n) is 15.1. The molecule has 4 rings (SSSR count). The van der Waals surface area contributed by atoms with Crippen LogP contribution in [-0.2, 0) is 0 Å². The van der Waals surface area contributed by atoms with Gasteiger partial charge in [-0.1, -0.05) is 60.7 Å². The predicted octanol–water partition coefficient (Wildman–Crippen LogP) is 5.26. The zero-order chi connectivity index (χ0) is 19.7. The van der Waals surface area contributed by atoms with Crippen LogP contribution in [0.1, 0.15) is 0 Å². The van der Waals surface area contributed by atoms with Gasteiger partial charge in [-0.15, -0.1) is 0 Å². The Hall–Kier alpha value is -3.92. The Kier molecular flexibility index (Phi) is 4.38. The van der Waals surface area contributed by atoms with Crippen molar-refractivity contribution in [1.29, 1.82) is 0 Å². The fraction of sp³-hybridized carbons (Fsp3) is 0. The van der Waals surface area contributed by atoms with Gasteiger partial charge in [0.25, 0.3) is 0 Å². The molecule has 4 aromatic rings. The van der Waals surface area contributed by atoms with E-state index in [4.69, 9.17) is 11.5 Å². The van der Waals surface area contributed by atoms with Crippen LogP contribution < -0.4 is 11.5 Å². The molecule has 0 fully saturated rings. The highest BCUT2D eigenvalue weighted by Crippen LogP contribution is 2.32. The van der Waals surface area contributed by atoms with E-state index >= 15 is 0 Å². The molecule has 0 aliphatic rings. The van der Waals surface area contributed by atoms with E-state index in [9.17, 15) is 10.2 Å². The molecule has 6 N–H and O–H groups in total. The summed E-state index contributed by atoms with van der Waals surface area (Å²) in [5.74, 6) is 0.178. The molecule has 0 saturated heterocycles. The molecule has 0 atom stereocenters. The lowest BCUT2D eigenvalue weighted by Crippen LogP contribution is -1.87. The normalized spacial score (nSPS) is 10.7. The molecule has 138 valence electrons. The number of nitrogens with two attached hydrogens (primary N) is 2. The van der Waals surface area contributed by atoms with Crippen molar-refractivity contribution in [3.05, 3.63) is 84.9 Å². The van der Waals surface area contributed by atoms with Crippen molar-refractivity contribution in [3.63, 3.8) is 0 Å². The molecule has 0 radical (unpaired) electrons. The molecule has 4 heteroatoms. The standard InChI is InChI=1S/C24H20N2O2/c25-21-11-9-19(13-23(21)27)17-5-1-15(2-6-17)16-3-7-18(8-4-16)20-10-12-22(26)24(28)14-20/h1-14,27-28H,25-26H2. The Labute approximate surface area is 163 Å². The molecular weight excluding hydrogens is 348 g/mol. The molecule has 0 saturated carbocycles. The van der Waals surface area contributed by atoms with Crippen LogP contribution in [0.15, 0.2) is 84.9 Å². The number of rotatable bonds is 3. The lowest BCUT2D eigenvalue weighted by Gasteiger charge is -2.08. The molecule has 0 aromatic heterocycles. The number of hydrogen-bond donors (Lipinski definition) is 4. The van der Waals surface area contributed by atoms with Crippen LogP contribution >= 0.6 is 0 Å². The van der Waals surface area contributed by atoms with E-state index in [1.807, 2.05) is 60.7 Å². The lowest BCUT2D eigenvalue weighted by atomic mass is 9.98. The van der Waals surface area contributed by atoms with Crippen molar-refractivity contribution in [2.45, 2.75) is 0 Å². The summed E-state index contributed by atoms with van der Waals surface area (Å²) in [4.78, 5) is 0. The highest BCUT2D eigenvalue weighted by molar-refractivity contribution is 5.75. The van der Waals surface area contributed by atoms with Gasteiger partial charge in [-0.05, 0) is 57.6 Å². The highest BCUT2D eigenvalue weighted by Gasteiger charge is 2.05. The van der Waals surface area contributed by atoms with E-state index in [2.05, 4.69) is 0 Å². The zero-order valence-corrected chi connectivity index (χ0v) is 15.1. The fourth-order valence-electron chi connectivity index (χ4n) is 3.16. The molecule has 0 heterocycles. The third-order valence-corrected chi connectivity index (χ3v) is 4.83. The van der Waals surface area contributed by atoms with Crippen LogP contribution in [0.4, 0.5) is 11.4 Å². The van der Waals surface area contributed by atoms with Crippen LogP contribution in [0.2, 0.25) is 0 Å². The average molecular weight is 368 g/mol. The van der Waals surface area contributed by atoms with Gasteiger partial charge in [0.05, 0.1) is 11.4 Å². The van der Waals surface area contributed by atoms with Crippen molar-refractivity contribution in [2.75, 3.05) is 11.5 Å². The van der Waals surface area contributed by atoms with Crippen molar-refractivity contribution >= 4 is 11.4 Å². The second kappa shape index (κ2) is 7.00. The highest BCUT2D eigenvalue weighted by atomic mass is 16.3. The molecule has 28 heavy (non-hydrogen) atoms. The first-order valence-electron chi connectivity index (χ1n) is 8.89. The third kappa shape index (κ3) is 3.35. The second-order valence-electron chi connectivity index (χ2n) is 6.70. The maximum absolute atomic E-state index is 9.80. The molecular formula is C24H20N2O2. The Balaban J connectivity index is 1.59. The van der Waals surface area contributed by atoms with Gasteiger partial charge in [0.1, 0.15) is 11.5 Å². The van der Waals surface area contributed by atoms with E-state index in [0.29, 0.717) is 11.4 Å². The lowest BCUT2D eigenvalue weighted by molar-refractivity contribution is 0.477. The van der Waals surface area contributed by atoms with Gasteiger partial charge in [0.2, 0.25) is 0 Å². The number of nitrogen functional groups attached to an aromatic ring is 2. The third-order valence-electron chi connectivity index (χ3n) is 4.83. The van der Waals surface area contributed by atoms with Crippen molar-refractivity contribution in [2.24, 2.45) is 0 Å². The van der Waals surface area contributed by atoms with E-state index in [1.54, 1.807) is 24.3 Å². The molecule has 4 nitrogen and oxygen atoms in total. The Morgan fingerprint density at radius 2 is 0.643 bits per heavy atom. The van der Waals surface area contributed by atoms with Gasteiger partial charge in [-0.3, -0.25) is 0 Å². The minimum absolute atomic E-state index is 0.0888. The summed E-state index contributed by atoms with van der Waals surface area (Å²) >= 11 is 0. The number of anilines is 2. The number of hydrogen-bond acceptors (Lipinski definition) is 4. The molecule has 4 aromatic carbocycles. The summed E-state index contributed by atoms with van der Waals surface area (Å²) in [5, 5.41) is 19.6. The van der Waals surface area contributed by atoms with Crippen molar-refractivity contribution in [1.82, 2.24) is 0 Å². The minimum atomic E-state index is 0.0888. The number of aromatic hydroxyl groups is 2. The Morgan fingerprint density at radius 1 is 0.393 bits per heavy atom. The van der Waals surface area contributed by atoms with E-state index in [1.165, 1.54) is 0 Å². The molecule has 0 amide bonds. The molecule has 0 aliphatic carbocycles. The number of phenols is 2. The van der Waals surface area contributed by atoms with Crippen LogP contribution in [0.5, 0.6) is 11.5 Å². The van der Waals surface area contributed by atoms with Crippen LogP contribution in [0.3, 0.4) is 0 Å². The Bertz CT molecular complexity index is 1040. The second-order valence-corrected chi connectivity index (χ2v) is 6.70. The maximum atomic E-state index is 9.80. The van der Waals surface area contributed by atoms with Crippen LogP contribution in [0.25, 0.3) is 33.4 Å². The SMILES string of the molecule is Nc1ccc(-c2ccc(-c3ccc(-c4ccc(N)c(O)c4)cc3)cc2)cc1O. The summed E-state index contributed by atoms with van der Waals surface area (Å²) in [6.07, 6.45) is 0. The van der Waals surface area contributed by atoms with Crippen molar-refractivity contribution < 1.29 is 10.2 Å². The predicted molar refractivity (Wildman–Crippen MR) is 115 cm³/mol. The number of phenolic OH excluding ortho intramolecular Hbond substituents is 2. The first-order chi connectivity index (χ1) is 13.5. The fourth-order valence-corrected chi connectivity index (χ4v) is 3.16. The quantitative estimate of drug-likeness (QED) is 0.293. The Morgan fingerprint density at radius 3 is 0.929 bits per heavy atom. The summed E-state index contributed by atoms with van der Waals surface area (Å²) in [7, 11) is 0. The minimum Gasteiger partial charge on any atom is -0.506 e. The van der Waals surface area contributed by atoms with Crippen LogP contribution in [0, 0.1) is 0 Å². The summed E-state index contributed by atoms with van der Waals surface area (Å²) < 4.78 is 0. The average Bonchev–Trinajstić information content (AvgIpc) is 2.72. The number of benzene rings is 4. The maximum Gasteiger partial charge on any atom is 0.139 e. The monoisotopic (exact) mass is 368 g/mol. The molecule has 0 bridgehead atoms. The van der Waals surface area contributed by atoms with Gasteiger partial charge >= 0.3 is 0 Å². The first kappa shape index (κ1) is 17.5. The van der Waals surface area contributed by atoms with Crippen molar-refractivity contribution in [3.8, 4) is 44.9 Å². The van der Waals surface area contributed by atoms with Gasteiger partial charge in [0.15, 0.2) is 0 Å². The van der Waals surface area contributed by atoms with Crippen LogP contribution in [-0.4, -0.2) is 10.2 Å². The van der Waals surface area contributed by atoms with E-state index < -0.39 is 0 Å². The summed E-state index contributed by atoms with van der Waals surface area (Å²) in [6, 6.07) is 26.8. The van der Waals surface area contributed by atoms with E-state index in [0.717, 1.165) is 33.4 Å². The van der Waals surface area contributed by atoms with Gasteiger partial charge < -0.3 is 21.7 Å². The molecule has 0 unspecified atom stereocenters.